The van der Waals surface area contributed by atoms with Crippen LogP contribution in [0.1, 0.15) is 45.1 Å². The molecule has 2 aliphatic rings. The maximum atomic E-state index is 12.9. The van der Waals surface area contributed by atoms with Gasteiger partial charge in [-0.25, -0.2) is 0 Å². The molecule has 1 aromatic carbocycles. The van der Waals surface area contributed by atoms with Crippen LogP contribution in [0, 0.1) is 5.92 Å². The van der Waals surface area contributed by atoms with Gasteiger partial charge in [-0.1, -0.05) is 36.8 Å². The molecule has 2 fully saturated rings. The fourth-order valence-corrected chi connectivity index (χ4v) is 4.19. The van der Waals surface area contributed by atoms with Crippen LogP contribution in [0.15, 0.2) is 30.3 Å². The van der Waals surface area contributed by atoms with Crippen LogP contribution in [0.5, 0.6) is 0 Å². The van der Waals surface area contributed by atoms with Crippen molar-refractivity contribution in [3.63, 3.8) is 0 Å². The summed E-state index contributed by atoms with van der Waals surface area (Å²) in [6.07, 6.45) is 4.04. The van der Waals surface area contributed by atoms with Gasteiger partial charge in [-0.3, -0.25) is 9.69 Å². The topological polar surface area (TPSA) is 49.6 Å². The standard InChI is InChI=1S/C20H31N3O/c1-20(2)15-22(19(24)17-9-6-10-18(21)13-17)11-12-23(20)14-16-7-4-3-5-8-16/h3-5,7-8,17-18H,6,9-15,21H2,1-2H3. The molecule has 2 unspecified atom stereocenters. The first-order valence-corrected chi connectivity index (χ1v) is 9.29. The molecule has 3 rings (SSSR count). The molecule has 0 aromatic heterocycles. The number of benzene rings is 1. The zero-order valence-electron chi connectivity index (χ0n) is 15.1. The third-order valence-corrected chi connectivity index (χ3v) is 5.67. The number of rotatable bonds is 3. The van der Waals surface area contributed by atoms with Crippen LogP contribution in [0.2, 0.25) is 0 Å². The highest BCUT2D eigenvalue weighted by Gasteiger charge is 2.38. The van der Waals surface area contributed by atoms with Gasteiger partial charge in [0.1, 0.15) is 0 Å². The minimum atomic E-state index is 0.000530. The van der Waals surface area contributed by atoms with E-state index in [0.717, 1.165) is 51.9 Å². The Morgan fingerprint density at radius 3 is 2.62 bits per heavy atom. The molecule has 1 aromatic rings. The molecular formula is C20H31N3O. The minimum absolute atomic E-state index is 0.000530. The second-order valence-electron chi connectivity index (χ2n) is 8.10. The van der Waals surface area contributed by atoms with E-state index in [0.29, 0.717) is 5.91 Å². The zero-order valence-corrected chi connectivity index (χ0v) is 15.1. The first-order valence-electron chi connectivity index (χ1n) is 9.29. The Labute approximate surface area is 146 Å². The minimum Gasteiger partial charge on any atom is -0.339 e. The van der Waals surface area contributed by atoms with Gasteiger partial charge in [0, 0.05) is 43.7 Å². The molecule has 1 saturated carbocycles. The molecule has 2 N–H and O–H groups in total. The molecule has 1 heterocycles. The molecule has 1 saturated heterocycles. The van der Waals surface area contributed by atoms with Crippen LogP contribution >= 0.6 is 0 Å². The summed E-state index contributed by atoms with van der Waals surface area (Å²) in [4.78, 5) is 17.5. The number of nitrogens with two attached hydrogens (primary N) is 1. The Hall–Kier alpha value is -1.39. The summed E-state index contributed by atoms with van der Waals surface area (Å²) in [5.74, 6) is 0.475. The Kier molecular flexibility index (Phi) is 5.26. The summed E-state index contributed by atoms with van der Waals surface area (Å²) >= 11 is 0. The van der Waals surface area contributed by atoms with Crippen molar-refractivity contribution < 1.29 is 4.79 Å². The van der Waals surface area contributed by atoms with Crippen LogP contribution in [0.4, 0.5) is 0 Å². The monoisotopic (exact) mass is 329 g/mol. The average Bonchev–Trinajstić information content (AvgIpc) is 2.57. The number of amides is 1. The number of carbonyl (C=O) groups excluding carboxylic acids is 1. The van der Waals surface area contributed by atoms with E-state index in [2.05, 4.69) is 54.0 Å². The SMILES string of the molecule is CC1(C)CN(C(=O)C2CCCC(N)C2)CCN1Cc1ccccc1. The van der Waals surface area contributed by atoms with Crippen LogP contribution in [-0.4, -0.2) is 46.9 Å². The fraction of sp³-hybridized carbons (Fsp3) is 0.650. The smallest absolute Gasteiger partial charge is 0.225 e. The van der Waals surface area contributed by atoms with Crippen molar-refractivity contribution in [2.45, 2.75) is 57.7 Å². The van der Waals surface area contributed by atoms with E-state index in [1.165, 1.54) is 5.56 Å². The summed E-state index contributed by atoms with van der Waals surface area (Å²) in [5, 5.41) is 0. The Morgan fingerprint density at radius 2 is 1.96 bits per heavy atom. The van der Waals surface area contributed by atoms with Crippen molar-refractivity contribution in [2.24, 2.45) is 11.7 Å². The maximum Gasteiger partial charge on any atom is 0.225 e. The summed E-state index contributed by atoms with van der Waals surface area (Å²) in [6, 6.07) is 10.8. The first kappa shape index (κ1) is 17.4. The van der Waals surface area contributed by atoms with Crippen molar-refractivity contribution in [1.82, 2.24) is 9.80 Å². The van der Waals surface area contributed by atoms with Crippen LogP contribution in [-0.2, 0) is 11.3 Å². The second-order valence-corrected chi connectivity index (χ2v) is 8.10. The Morgan fingerprint density at radius 1 is 1.21 bits per heavy atom. The van der Waals surface area contributed by atoms with E-state index >= 15 is 0 Å². The highest BCUT2D eigenvalue weighted by atomic mass is 16.2. The third kappa shape index (κ3) is 3.98. The number of piperazine rings is 1. The summed E-state index contributed by atoms with van der Waals surface area (Å²) in [5.41, 5.74) is 7.41. The molecule has 1 amide bonds. The van der Waals surface area contributed by atoms with Gasteiger partial charge in [0.05, 0.1) is 0 Å². The molecule has 1 aliphatic carbocycles. The lowest BCUT2D eigenvalue weighted by Crippen LogP contribution is -2.61. The molecule has 4 heteroatoms. The average molecular weight is 329 g/mol. The van der Waals surface area contributed by atoms with E-state index < -0.39 is 0 Å². The van der Waals surface area contributed by atoms with E-state index in [-0.39, 0.29) is 17.5 Å². The number of hydrogen-bond donors (Lipinski definition) is 1. The Balaban J connectivity index is 1.61. The van der Waals surface area contributed by atoms with Gasteiger partial charge < -0.3 is 10.6 Å². The van der Waals surface area contributed by atoms with Crippen molar-refractivity contribution >= 4 is 5.91 Å². The maximum absolute atomic E-state index is 12.9. The van der Waals surface area contributed by atoms with E-state index in [9.17, 15) is 4.79 Å². The predicted octanol–water partition coefficient (Wildman–Crippen LogP) is 2.63. The molecule has 0 bridgehead atoms. The van der Waals surface area contributed by atoms with Gasteiger partial charge in [-0.15, -0.1) is 0 Å². The first-order chi connectivity index (χ1) is 11.5. The van der Waals surface area contributed by atoms with Gasteiger partial charge in [0.2, 0.25) is 5.91 Å². The highest BCUT2D eigenvalue weighted by molar-refractivity contribution is 5.79. The van der Waals surface area contributed by atoms with Crippen molar-refractivity contribution in [1.29, 1.82) is 0 Å². The van der Waals surface area contributed by atoms with Crippen molar-refractivity contribution in [3.8, 4) is 0 Å². The van der Waals surface area contributed by atoms with Crippen LogP contribution in [0.25, 0.3) is 0 Å². The number of hydrogen-bond acceptors (Lipinski definition) is 3. The molecule has 24 heavy (non-hydrogen) atoms. The van der Waals surface area contributed by atoms with Crippen molar-refractivity contribution in [2.75, 3.05) is 19.6 Å². The number of nitrogens with zero attached hydrogens (tertiary/aromatic N) is 2. The van der Waals surface area contributed by atoms with E-state index in [1.54, 1.807) is 0 Å². The second kappa shape index (κ2) is 7.24. The van der Waals surface area contributed by atoms with Gasteiger partial charge in [0.15, 0.2) is 0 Å². The quantitative estimate of drug-likeness (QED) is 0.927. The summed E-state index contributed by atoms with van der Waals surface area (Å²) < 4.78 is 0. The van der Waals surface area contributed by atoms with Gasteiger partial charge in [-0.2, -0.15) is 0 Å². The lowest BCUT2D eigenvalue weighted by atomic mass is 9.84. The van der Waals surface area contributed by atoms with Gasteiger partial charge >= 0.3 is 0 Å². The molecule has 1 aliphatic heterocycles. The van der Waals surface area contributed by atoms with Crippen molar-refractivity contribution in [3.05, 3.63) is 35.9 Å². The van der Waals surface area contributed by atoms with Crippen LogP contribution in [0.3, 0.4) is 0 Å². The molecule has 132 valence electrons. The number of carbonyl (C=O) groups is 1. The molecule has 0 radical (unpaired) electrons. The van der Waals surface area contributed by atoms with E-state index in [1.807, 2.05) is 0 Å². The van der Waals surface area contributed by atoms with E-state index in [4.69, 9.17) is 5.73 Å². The van der Waals surface area contributed by atoms with Gasteiger partial charge in [0.25, 0.3) is 0 Å². The largest absolute Gasteiger partial charge is 0.339 e. The molecule has 2 atom stereocenters. The Bertz CT molecular complexity index is 557. The molecular weight excluding hydrogens is 298 g/mol. The van der Waals surface area contributed by atoms with Gasteiger partial charge in [-0.05, 0) is 38.7 Å². The highest BCUT2D eigenvalue weighted by Crippen LogP contribution is 2.29. The summed E-state index contributed by atoms with van der Waals surface area (Å²) in [7, 11) is 0. The summed E-state index contributed by atoms with van der Waals surface area (Å²) in [6.45, 7) is 8.03. The predicted molar refractivity (Wildman–Crippen MR) is 97.4 cm³/mol. The lowest BCUT2D eigenvalue weighted by molar-refractivity contribution is -0.142. The molecule has 0 spiro atoms. The fourth-order valence-electron chi connectivity index (χ4n) is 4.19. The normalized spacial score (nSPS) is 27.9. The molecule has 4 nitrogen and oxygen atoms in total. The van der Waals surface area contributed by atoms with Crippen LogP contribution < -0.4 is 5.73 Å². The third-order valence-electron chi connectivity index (χ3n) is 5.67. The zero-order chi connectivity index (χ0) is 17.2. The lowest BCUT2D eigenvalue weighted by Gasteiger charge is -2.48.